The maximum absolute atomic E-state index is 5.29. The Hall–Kier alpha value is 0.130. The van der Waals surface area contributed by atoms with Crippen LogP contribution in [-0.2, 0) is 0 Å². The zero-order valence-corrected chi connectivity index (χ0v) is 3.86. The summed E-state index contributed by atoms with van der Waals surface area (Å²) in [7, 11) is 5.29. The van der Waals surface area contributed by atoms with Gasteiger partial charge in [0.1, 0.15) is 0 Å². The summed E-state index contributed by atoms with van der Waals surface area (Å²) >= 11 is 0. The minimum Gasteiger partial charge on any atom is -0.0935 e. The molecule has 2 heteroatoms. The van der Waals surface area contributed by atoms with Crippen molar-refractivity contribution in [2.45, 2.75) is 20.1 Å². The van der Waals surface area contributed by atoms with Gasteiger partial charge in [0.25, 0.3) is 0 Å². The van der Waals surface area contributed by atoms with Crippen LogP contribution in [0.5, 0.6) is 0 Å². The van der Waals surface area contributed by atoms with Gasteiger partial charge >= 0.3 is 0 Å². The maximum Gasteiger partial charge on any atom is 0.0867 e. The molecule has 26 valence electrons. The van der Waals surface area contributed by atoms with Gasteiger partial charge in [0.05, 0.1) is 6.60 Å². The number of rotatable bonds is 1. The molecule has 0 aromatic carbocycles. The Morgan fingerprint density at radius 3 is 2.00 bits per heavy atom. The highest BCUT2D eigenvalue weighted by atomic mass is 13.4. The predicted octanol–water partition coefficient (Wildman–Crippen LogP) is 0.796. The summed E-state index contributed by atoms with van der Waals surface area (Å²) in [6.07, 6.45) is 1.08. The smallest absolute Gasteiger partial charge is 0.0867 e. The maximum atomic E-state index is 5.29. The van der Waals surface area contributed by atoms with Crippen molar-refractivity contribution < 1.29 is 0 Å². The average Bonchev–Trinajstić information content (AvgIpc) is 1.38. The molecule has 5 heavy (non-hydrogen) atoms. The Balaban J connectivity index is 2.54. The summed E-state index contributed by atoms with van der Waals surface area (Å²) in [6.45, 7) is 4.46. The lowest BCUT2D eigenvalue weighted by molar-refractivity contribution is 1.44. The summed E-state index contributed by atoms with van der Waals surface area (Å²) in [5, 5.41) is 0. The van der Waals surface area contributed by atoms with E-state index in [-0.39, 0.29) is 0 Å². The van der Waals surface area contributed by atoms with Crippen LogP contribution in [0.25, 0.3) is 0 Å². The summed E-state index contributed by atoms with van der Waals surface area (Å²) < 4.78 is 0. The Kier molecular flexibility index (Phi) is 2.43. The largest absolute Gasteiger partial charge is 0.0935 e. The summed E-state index contributed by atoms with van der Waals surface area (Å²) in [4.78, 5) is 0. The van der Waals surface area contributed by atoms with E-state index < -0.39 is 0 Å². The van der Waals surface area contributed by atoms with Crippen molar-refractivity contribution in [3.63, 3.8) is 0 Å². The second-order valence-electron chi connectivity index (χ2n) is 1.39. The first kappa shape index (κ1) is 5.13. The fraction of sp³-hybridized carbons (Fsp3) is 1.00. The highest BCUT2D eigenvalue weighted by molar-refractivity contribution is 7.02. The highest BCUT2D eigenvalue weighted by Gasteiger charge is 1.85. The lowest BCUT2D eigenvalue weighted by atomic mass is 9.33. The molecule has 0 aliphatic heterocycles. The zero-order valence-electron chi connectivity index (χ0n) is 3.86. The fourth-order valence-electron chi connectivity index (χ4n) is 0. The van der Waals surface area contributed by atoms with Gasteiger partial charge in [-0.05, 0) is 0 Å². The third kappa shape index (κ3) is 4.13. The Morgan fingerprint density at radius 1 is 1.80 bits per heavy atom. The van der Waals surface area contributed by atoms with Crippen molar-refractivity contribution in [3.8, 4) is 0 Å². The standard InChI is InChI=1S/C3H8B2/c1-3-5(2)4/h3H2,1-2H3. The monoisotopic (exact) mass is 66.1 g/mol. The molecular weight excluding hydrogens is 57.7 g/mol. The van der Waals surface area contributed by atoms with Gasteiger partial charge in [-0.1, -0.05) is 20.1 Å². The van der Waals surface area contributed by atoms with Crippen LogP contribution < -0.4 is 0 Å². The third-order valence-electron chi connectivity index (χ3n) is 0.644. The highest BCUT2D eigenvalue weighted by Crippen LogP contribution is 1.78. The molecule has 0 unspecified atom stereocenters. The summed E-state index contributed by atoms with van der Waals surface area (Å²) in [5.41, 5.74) is 0. The van der Waals surface area contributed by atoms with E-state index in [1.807, 2.05) is 6.82 Å². The molecule has 2 radical (unpaired) electrons. The summed E-state index contributed by atoms with van der Waals surface area (Å²) in [5.74, 6) is 0. The molecule has 0 aliphatic rings. The fourth-order valence-corrected chi connectivity index (χ4v) is 0. The predicted molar refractivity (Wildman–Crippen MR) is 27.9 cm³/mol. The molecule has 0 aromatic rings. The Labute approximate surface area is 35.4 Å². The lowest BCUT2D eigenvalue weighted by Gasteiger charge is -1.85. The van der Waals surface area contributed by atoms with Crippen molar-refractivity contribution in [1.29, 1.82) is 0 Å². The molecule has 0 heterocycles. The Morgan fingerprint density at radius 2 is 2.00 bits per heavy atom. The van der Waals surface area contributed by atoms with Crippen molar-refractivity contribution in [3.05, 3.63) is 0 Å². The van der Waals surface area contributed by atoms with E-state index in [0.717, 1.165) is 6.32 Å². The third-order valence-corrected chi connectivity index (χ3v) is 0.644. The van der Waals surface area contributed by atoms with Gasteiger partial charge in [0.15, 0.2) is 0 Å². The molecule has 0 aliphatic carbocycles. The molecule has 0 N–H and O–H groups in total. The summed E-state index contributed by atoms with van der Waals surface area (Å²) in [6, 6.07) is 0. The molecule has 0 spiro atoms. The van der Waals surface area contributed by atoms with Crippen LogP contribution in [0.4, 0.5) is 0 Å². The molecule has 0 amide bonds. The van der Waals surface area contributed by atoms with Crippen LogP contribution in [0.2, 0.25) is 13.1 Å². The van der Waals surface area contributed by atoms with Gasteiger partial charge in [-0.2, -0.15) is 0 Å². The number of hydrogen-bond acceptors (Lipinski definition) is 0. The minimum atomic E-state index is 0.384. The first-order valence-corrected chi connectivity index (χ1v) is 2.03. The lowest BCUT2D eigenvalue weighted by Crippen LogP contribution is -2.01. The molecule has 0 saturated heterocycles. The van der Waals surface area contributed by atoms with Gasteiger partial charge in [-0.15, -0.1) is 0 Å². The molecule has 0 aromatic heterocycles. The van der Waals surface area contributed by atoms with E-state index in [4.69, 9.17) is 7.74 Å². The molecular formula is C3H8B2. The van der Waals surface area contributed by atoms with Crippen LogP contribution in [-0.4, -0.2) is 14.3 Å². The molecule has 0 saturated carbocycles. The van der Waals surface area contributed by atoms with Crippen LogP contribution >= 0.6 is 0 Å². The van der Waals surface area contributed by atoms with Crippen LogP contribution in [0.15, 0.2) is 0 Å². The average molecular weight is 65.7 g/mol. The van der Waals surface area contributed by atoms with E-state index >= 15 is 0 Å². The first-order chi connectivity index (χ1) is 2.27. The van der Waals surface area contributed by atoms with Crippen molar-refractivity contribution in [1.82, 2.24) is 0 Å². The van der Waals surface area contributed by atoms with Gasteiger partial charge in [-0.3, -0.25) is 0 Å². The van der Waals surface area contributed by atoms with E-state index in [1.54, 1.807) is 0 Å². The quantitative estimate of drug-likeness (QED) is 0.397. The molecule has 0 atom stereocenters. The molecule has 0 bridgehead atoms. The molecule has 0 nitrogen and oxygen atoms in total. The van der Waals surface area contributed by atoms with Crippen LogP contribution in [0.1, 0.15) is 6.92 Å². The SMILES string of the molecule is [B]B(C)CC. The normalized spacial score (nSPS) is 7.60. The first-order valence-electron chi connectivity index (χ1n) is 2.03. The minimum absolute atomic E-state index is 0.384. The van der Waals surface area contributed by atoms with E-state index in [9.17, 15) is 0 Å². The second-order valence-corrected chi connectivity index (χ2v) is 1.39. The van der Waals surface area contributed by atoms with E-state index in [1.165, 1.54) is 0 Å². The molecule has 0 fully saturated rings. The number of hydrogen-bond donors (Lipinski definition) is 0. The van der Waals surface area contributed by atoms with Gasteiger partial charge in [0.2, 0.25) is 0 Å². The van der Waals surface area contributed by atoms with Crippen LogP contribution in [0, 0.1) is 0 Å². The molecule has 0 rings (SSSR count). The van der Waals surface area contributed by atoms with Crippen LogP contribution in [0.3, 0.4) is 0 Å². The van der Waals surface area contributed by atoms with Gasteiger partial charge in [0, 0.05) is 7.74 Å². The zero-order chi connectivity index (χ0) is 4.28. The van der Waals surface area contributed by atoms with Gasteiger partial charge < -0.3 is 0 Å². The van der Waals surface area contributed by atoms with Crippen molar-refractivity contribution in [2.75, 3.05) is 0 Å². The topological polar surface area (TPSA) is 0 Å². The second kappa shape index (κ2) is 2.37. The Bertz CT molecular complexity index is 18.9. The van der Waals surface area contributed by atoms with E-state index in [0.29, 0.717) is 6.60 Å². The van der Waals surface area contributed by atoms with E-state index in [2.05, 4.69) is 6.92 Å². The van der Waals surface area contributed by atoms with Crippen molar-refractivity contribution in [2.24, 2.45) is 0 Å². The van der Waals surface area contributed by atoms with Gasteiger partial charge in [-0.25, -0.2) is 0 Å². The van der Waals surface area contributed by atoms with Crippen molar-refractivity contribution >= 4 is 14.3 Å².